The molecular formula is C13H15N3O3. The van der Waals surface area contributed by atoms with E-state index in [0.717, 1.165) is 5.69 Å². The summed E-state index contributed by atoms with van der Waals surface area (Å²) >= 11 is 0. The van der Waals surface area contributed by atoms with Crippen LogP contribution in [0, 0.1) is 6.92 Å². The van der Waals surface area contributed by atoms with E-state index in [1.165, 1.54) is 0 Å². The average Bonchev–Trinajstić information content (AvgIpc) is 2.83. The third-order valence-corrected chi connectivity index (χ3v) is 2.41. The van der Waals surface area contributed by atoms with Gasteiger partial charge in [-0.25, -0.2) is 4.79 Å². The van der Waals surface area contributed by atoms with Crippen LogP contribution in [0.4, 0.5) is 5.69 Å². The number of nitrogens with zero attached hydrogens (tertiary/aromatic N) is 2. The second-order valence-electron chi connectivity index (χ2n) is 3.87. The van der Waals surface area contributed by atoms with Crippen molar-refractivity contribution < 1.29 is 13.9 Å². The molecule has 1 heterocycles. The Morgan fingerprint density at radius 1 is 1.32 bits per heavy atom. The number of anilines is 1. The Labute approximate surface area is 110 Å². The highest BCUT2D eigenvalue weighted by Gasteiger charge is 2.06. The average molecular weight is 261 g/mol. The molecule has 0 bridgehead atoms. The van der Waals surface area contributed by atoms with E-state index in [2.05, 4.69) is 15.5 Å². The van der Waals surface area contributed by atoms with E-state index in [1.54, 1.807) is 38.1 Å². The third kappa shape index (κ3) is 3.54. The molecule has 1 N–H and O–H groups in total. The molecule has 0 saturated carbocycles. The molecule has 1 aromatic carbocycles. The molecule has 0 amide bonds. The molecule has 0 atom stereocenters. The summed E-state index contributed by atoms with van der Waals surface area (Å²) in [6.45, 7) is 4.33. The minimum atomic E-state index is -0.318. The molecule has 2 aromatic rings. The molecule has 0 spiro atoms. The van der Waals surface area contributed by atoms with E-state index in [-0.39, 0.29) is 5.97 Å². The molecule has 0 fully saturated rings. The van der Waals surface area contributed by atoms with E-state index in [1.807, 2.05) is 0 Å². The lowest BCUT2D eigenvalue weighted by Crippen LogP contribution is -2.05. The number of carbonyl (C=O) groups excluding carboxylic acids is 1. The van der Waals surface area contributed by atoms with Gasteiger partial charge in [-0.3, -0.25) is 0 Å². The first-order chi connectivity index (χ1) is 9.19. The van der Waals surface area contributed by atoms with Crippen LogP contribution in [-0.2, 0) is 11.3 Å². The Hall–Kier alpha value is -2.37. The first kappa shape index (κ1) is 13.1. The topological polar surface area (TPSA) is 77.2 Å². The van der Waals surface area contributed by atoms with E-state index >= 15 is 0 Å². The van der Waals surface area contributed by atoms with Gasteiger partial charge in [-0.05, 0) is 31.2 Å². The lowest BCUT2D eigenvalue weighted by molar-refractivity contribution is 0.0526. The maximum absolute atomic E-state index is 11.5. The normalized spacial score (nSPS) is 10.2. The molecule has 0 aliphatic heterocycles. The molecular weight excluding hydrogens is 246 g/mol. The molecule has 100 valence electrons. The van der Waals surface area contributed by atoms with Crippen LogP contribution in [0.15, 0.2) is 28.7 Å². The smallest absolute Gasteiger partial charge is 0.338 e. The van der Waals surface area contributed by atoms with Gasteiger partial charge in [0.15, 0.2) is 0 Å². The van der Waals surface area contributed by atoms with Gasteiger partial charge in [-0.15, -0.1) is 10.2 Å². The summed E-state index contributed by atoms with van der Waals surface area (Å²) < 4.78 is 10.1. The summed E-state index contributed by atoms with van der Waals surface area (Å²) in [6, 6.07) is 7.02. The largest absolute Gasteiger partial charge is 0.462 e. The zero-order valence-corrected chi connectivity index (χ0v) is 10.8. The van der Waals surface area contributed by atoms with Gasteiger partial charge in [-0.1, -0.05) is 0 Å². The Balaban J connectivity index is 1.93. The van der Waals surface area contributed by atoms with Crippen molar-refractivity contribution in [2.75, 3.05) is 11.9 Å². The second-order valence-corrected chi connectivity index (χ2v) is 3.87. The number of esters is 1. The number of hydrogen-bond donors (Lipinski definition) is 1. The van der Waals surface area contributed by atoms with Crippen LogP contribution in [0.5, 0.6) is 0 Å². The maximum atomic E-state index is 11.5. The minimum absolute atomic E-state index is 0.318. The molecule has 6 heteroatoms. The van der Waals surface area contributed by atoms with Gasteiger partial charge < -0.3 is 14.5 Å². The second kappa shape index (κ2) is 5.99. The molecule has 19 heavy (non-hydrogen) atoms. The molecule has 0 aliphatic carbocycles. The molecule has 0 saturated heterocycles. The summed E-state index contributed by atoms with van der Waals surface area (Å²) in [6.07, 6.45) is 0. The van der Waals surface area contributed by atoms with Crippen molar-refractivity contribution >= 4 is 11.7 Å². The summed E-state index contributed by atoms with van der Waals surface area (Å²) in [5.74, 6) is 0.739. The van der Waals surface area contributed by atoms with Crippen molar-refractivity contribution in [3.63, 3.8) is 0 Å². The lowest BCUT2D eigenvalue weighted by atomic mass is 10.2. The highest BCUT2D eigenvalue weighted by atomic mass is 16.5. The quantitative estimate of drug-likeness (QED) is 0.831. The molecule has 0 radical (unpaired) electrons. The van der Waals surface area contributed by atoms with E-state index in [9.17, 15) is 4.79 Å². The number of aryl methyl sites for hydroxylation is 1. The van der Waals surface area contributed by atoms with Crippen molar-refractivity contribution in [2.24, 2.45) is 0 Å². The number of carbonyl (C=O) groups is 1. The van der Waals surface area contributed by atoms with Crippen LogP contribution >= 0.6 is 0 Å². The minimum Gasteiger partial charge on any atom is -0.462 e. The number of aromatic nitrogens is 2. The van der Waals surface area contributed by atoms with Crippen molar-refractivity contribution in [1.29, 1.82) is 0 Å². The fraction of sp³-hybridized carbons (Fsp3) is 0.308. The van der Waals surface area contributed by atoms with Gasteiger partial charge in [0.1, 0.15) is 0 Å². The number of benzene rings is 1. The van der Waals surface area contributed by atoms with Crippen LogP contribution < -0.4 is 5.32 Å². The maximum Gasteiger partial charge on any atom is 0.338 e. The highest BCUT2D eigenvalue weighted by molar-refractivity contribution is 5.89. The summed E-state index contributed by atoms with van der Waals surface area (Å²) in [5.41, 5.74) is 1.39. The lowest BCUT2D eigenvalue weighted by Gasteiger charge is -2.05. The Morgan fingerprint density at radius 2 is 2.05 bits per heavy atom. The molecule has 0 aliphatic rings. The monoisotopic (exact) mass is 261 g/mol. The van der Waals surface area contributed by atoms with Crippen LogP contribution in [0.25, 0.3) is 0 Å². The first-order valence-electron chi connectivity index (χ1n) is 5.99. The first-order valence-corrected chi connectivity index (χ1v) is 5.99. The Bertz CT molecular complexity index is 549. The van der Waals surface area contributed by atoms with Crippen molar-refractivity contribution in [1.82, 2.24) is 10.2 Å². The third-order valence-electron chi connectivity index (χ3n) is 2.41. The van der Waals surface area contributed by atoms with Gasteiger partial charge in [0.25, 0.3) is 0 Å². The van der Waals surface area contributed by atoms with Crippen molar-refractivity contribution in [3.8, 4) is 0 Å². The highest BCUT2D eigenvalue weighted by Crippen LogP contribution is 2.11. The Kier molecular flexibility index (Phi) is 4.12. The predicted molar refractivity (Wildman–Crippen MR) is 68.8 cm³/mol. The van der Waals surface area contributed by atoms with Gasteiger partial charge in [0.2, 0.25) is 11.8 Å². The van der Waals surface area contributed by atoms with Crippen molar-refractivity contribution in [3.05, 3.63) is 41.6 Å². The van der Waals surface area contributed by atoms with Crippen molar-refractivity contribution in [2.45, 2.75) is 20.4 Å². The SMILES string of the molecule is CCOC(=O)c1ccc(NCc2nnc(C)o2)cc1. The van der Waals surface area contributed by atoms with Crippen LogP contribution in [0.2, 0.25) is 0 Å². The molecule has 1 aromatic heterocycles. The van der Waals surface area contributed by atoms with Gasteiger partial charge in [0, 0.05) is 12.6 Å². The standard InChI is InChI=1S/C13H15N3O3/c1-3-18-13(17)10-4-6-11(7-5-10)14-8-12-16-15-9(2)19-12/h4-7,14H,3,8H2,1-2H3. The number of ether oxygens (including phenoxy) is 1. The number of nitrogens with one attached hydrogen (secondary N) is 1. The fourth-order valence-electron chi connectivity index (χ4n) is 1.53. The van der Waals surface area contributed by atoms with Gasteiger partial charge in [-0.2, -0.15) is 0 Å². The number of hydrogen-bond acceptors (Lipinski definition) is 6. The van der Waals surface area contributed by atoms with E-state index < -0.39 is 0 Å². The van der Waals surface area contributed by atoms with E-state index in [0.29, 0.717) is 30.5 Å². The Morgan fingerprint density at radius 3 is 2.63 bits per heavy atom. The zero-order chi connectivity index (χ0) is 13.7. The van der Waals surface area contributed by atoms with Gasteiger partial charge >= 0.3 is 5.97 Å². The fourth-order valence-corrected chi connectivity index (χ4v) is 1.53. The zero-order valence-electron chi connectivity index (χ0n) is 10.8. The van der Waals surface area contributed by atoms with Crippen LogP contribution in [0.3, 0.4) is 0 Å². The van der Waals surface area contributed by atoms with Crippen LogP contribution in [-0.4, -0.2) is 22.8 Å². The summed E-state index contributed by atoms with van der Waals surface area (Å²) in [7, 11) is 0. The summed E-state index contributed by atoms with van der Waals surface area (Å²) in [5, 5.41) is 10.7. The number of rotatable bonds is 5. The van der Waals surface area contributed by atoms with E-state index in [4.69, 9.17) is 9.15 Å². The summed E-state index contributed by atoms with van der Waals surface area (Å²) in [4.78, 5) is 11.5. The van der Waals surface area contributed by atoms with Crippen LogP contribution in [0.1, 0.15) is 29.1 Å². The van der Waals surface area contributed by atoms with Gasteiger partial charge in [0.05, 0.1) is 18.7 Å². The molecule has 2 rings (SSSR count). The molecule has 0 unspecified atom stereocenters. The molecule has 6 nitrogen and oxygen atoms in total. The predicted octanol–water partition coefficient (Wildman–Crippen LogP) is 2.17.